The van der Waals surface area contributed by atoms with Gasteiger partial charge in [-0.2, -0.15) is 0 Å². The van der Waals surface area contributed by atoms with E-state index in [1.54, 1.807) is 6.20 Å². The third-order valence-corrected chi connectivity index (χ3v) is 3.21. The van der Waals surface area contributed by atoms with E-state index in [1.165, 1.54) is 0 Å². The van der Waals surface area contributed by atoms with E-state index in [1.807, 2.05) is 30.3 Å². The highest BCUT2D eigenvalue weighted by atomic mass is 16.1. The van der Waals surface area contributed by atoms with Crippen molar-refractivity contribution in [2.24, 2.45) is 11.7 Å². The molecule has 3 nitrogen and oxygen atoms in total. The summed E-state index contributed by atoms with van der Waals surface area (Å²) < 4.78 is 0. The van der Waals surface area contributed by atoms with Crippen LogP contribution in [0.4, 0.5) is 0 Å². The Balaban J connectivity index is 2.22. The molecule has 0 saturated carbocycles. The molecular formula is C15H18N2O. The van der Waals surface area contributed by atoms with Crippen molar-refractivity contribution in [2.75, 3.05) is 6.54 Å². The molecule has 3 heteroatoms. The molecule has 0 aliphatic carbocycles. The zero-order chi connectivity index (χ0) is 13.0. The molecule has 94 valence electrons. The topological polar surface area (TPSA) is 56.0 Å². The smallest absolute Gasteiger partial charge is 0.163 e. The van der Waals surface area contributed by atoms with Crippen LogP contribution >= 0.6 is 0 Å². The van der Waals surface area contributed by atoms with Crippen LogP contribution in [0.15, 0.2) is 36.5 Å². The summed E-state index contributed by atoms with van der Waals surface area (Å²) in [5.41, 5.74) is 7.21. The van der Waals surface area contributed by atoms with Crippen molar-refractivity contribution < 1.29 is 4.79 Å². The van der Waals surface area contributed by atoms with E-state index < -0.39 is 0 Å². The van der Waals surface area contributed by atoms with Crippen molar-refractivity contribution in [3.8, 4) is 0 Å². The molecule has 2 rings (SSSR count). The van der Waals surface area contributed by atoms with Crippen LogP contribution in [-0.4, -0.2) is 17.3 Å². The molecule has 1 aromatic heterocycles. The first-order chi connectivity index (χ1) is 8.72. The van der Waals surface area contributed by atoms with Crippen molar-refractivity contribution in [1.82, 2.24) is 4.98 Å². The second-order valence-corrected chi connectivity index (χ2v) is 4.68. The fraction of sp³-hybridized carbons (Fsp3) is 0.333. The molecule has 0 aliphatic rings. The summed E-state index contributed by atoms with van der Waals surface area (Å²) in [7, 11) is 0. The predicted molar refractivity (Wildman–Crippen MR) is 73.5 cm³/mol. The number of benzene rings is 1. The van der Waals surface area contributed by atoms with Gasteiger partial charge in [0.2, 0.25) is 0 Å². The lowest BCUT2D eigenvalue weighted by Gasteiger charge is -2.08. The quantitative estimate of drug-likeness (QED) is 0.820. The van der Waals surface area contributed by atoms with Crippen molar-refractivity contribution in [2.45, 2.75) is 19.8 Å². The maximum Gasteiger partial charge on any atom is 0.163 e. The van der Waals surface area contributed by atoms with Crippen LogP contribution in [0.25, 0.3) is 10.9 Å². The van der Waals surface area contributed by atoms with Gasteiger partial charge in [0.15, 0.2) is 5.78 Å². The number of hydrogen-bond acceptors (Lipinski definition) is 3. The van der Waals surface area contributed by atoms with Gasteiger partial charge in [0, 0.05) is 23.6 Å². The van der Waals surface area contributed by atoms with Crippen LogP contribution in [0, 0.1) is 5.92 Å². The molecule has 2 aromatic rings. The molecule has 1 atom stereocenters. The lowest BCUT2D eigenvalue weighted by molar-refractivity contribution is 0.0976. The number of carbonyl (C=O) groups excluding carboxylic acids is 1. The van der Waals surface area contributed by atoms with E-state index in [0.29, 0.717) is 18.9 Å². The number of nitrogens with zero attached hydrogens (tertiary/aromatic N) is 1. The van der Waals surface area contributed by atoms with Crippen molar-refractivity contribution in [1.29, 1.82) is 0 Å². The molecule has 0 radical (unpaired) electrons. The van der Waals surface area contributed by atoms with Gasteiger partial charge in [-0.15, -0.1) is 0 Å². The molecule has 0 amide bonds. The Hall–Kier alpha value is -1.74. The molecule has 0 fully saturated rings. The second kappa shape index (κ2) is 5.74. The lowest BCUT2D eigenvalue weighted by Crippen LogP contribution is -2.12. The number of nitrogens with two attached hydrogens (primary N) is 1. The van der Waals surface area contributed by atoms with Gasteiger partial charge in [-0.3, -0.25) is 9.78 Å². The normalized spacial score (nSPS) is 12.6. The summed E-state index contributed by atoms with van der Waals surface area (Å²) in [6.45, 7) is 2.70. The second-order valence-electron chi connectivity index (χ2n) is 4.68. The number of ketones is 1. The Morgan fingerprint density at radius 1 is 1.33 bits per heavy atom. The molecule has 0 bridgehead atoms. The van der Waals surface area contributed by atoms with Gasteiger partial charge in [0.25, 0.3) is 0 Å². The van der Waals surface area contributed by atoms with Gasteiger partial charge < -0.3 is 5.73 Å². The van der Waals surface area contributed by atoms with E-state index in [9.17, 15) is 4.79 Å². The maximum atomic E-state index is 12.2. The Bertz CT molecular complexity index is 546. The molecule has 0 spiro atoms. The lowest BCUT2D eigenvalue weighted by atomic mass is 9.97. The maximum absolute atomic E-state index is 12.2. The molecule has 18 heavy (non-hydrogen) atoms. The van der Waals surface area contributed by atoms with E-state index >= 15 is 0 Å². The van der Waals surface area contributed by atoms with E-state index in [0.717, 1.165) is 22.9 Å². The first-order valence-electron chi connectivity index (χ1n) is 6.29. The van der Waals surface area contributed by atoms with Gasteiger partial charge in [-0.1, -0.05) is 25.1 Å². The van der Waals surface area contributed by atoms with Gasteiger partial charge in [0.1, 0.15) is 0 Å². The monoisotopic (exact) mass is 242 g/mol. The molecule has 1 unspecified atom stereocenters. The van der Waals surface area contributed by atoms with Crippen LogP contribution in [0.3, 0.4) is 0 Å². The zero-order valence-electron chi connectivity index (χ0n) is 10.6. The van der Waals surface area contributed by atoms with Crippen LogP contribution in [0.5, 0.6) is 0 Å². The summed E-state index contributed by atoms with van der Waals surface area (Å²) in [5, 5.41) is 0.936. The zero-order valence-corrected chi connectivity index (χ0v) is 10.6. The van der Waals surface area contributed by atoms with Crippen molar-refractivity contribution >= 4 is 16.7 Å². The SMILES string of the molecule is CC(CN)CCC(=O)c1cccc2ncccc12. The molecule has 0 saturated heterocycles. The molecular weight excluding hydrogens is 224 g/mol. The minimum Gasteiger partial charge on any atom is -0.330 e. The molecule has 0 aliphatic heterocycles. The minimum absolute atomic E-state index is 0.175. The molecule has 2 N–H and O–H groups in total. The molecule has 1 aromatic carbocycles. The Morgan fingerprint density at radius 3 is 2.94 bits per heavy atom. The summed E-state index contributed by atoms with van der Waals surface area (Å²) in [4.78, 5) is 16.5. The first kappa shape index (κ1) is 12.7. The number of rotatable bonds is 5. The van der Waals surface area contributed by atoms with Gasteiger partial charge in [-0.05, 0) is 31.0 Å². The summed E-state index contributed by atoms with van der Waals surface area (Å²) in [6.07, 6.45) is 3.13. The standard InChI is InChI=1S/C15H18N2O/c1-11(10-16)7-8-15(18)13-4-2-6-14-12(13)5-3-9-17-14/h2-6,9,11H,7-8,10,16H2,1H3. The number of hydrogen-bond donors (Lipinski definition) is 1. The van der Waals surface area contributed by atoms with Gasteiger partial charge in [-0.25, -0.2) is 0 Å². The van der Waals surface area contributed by atoms with E-state index in [4.69, 9.17) is 5.73 Å². The minimum atomic E-state index is 0.175. The molecule has 1 heterocycles. The summed E-state index contributed by atoms with van der Waals surface area (Å²) in [6, 6.07) is 9.49. The Morgan fingerprint density at radius 2 is 2.17 bits per heavy atom. The summed E-state index contributed by atoms with van der Waals surface area (Å²) in [5.74, 6) is 0.566. The Labute approximate surface area is 107 Å². The van der Waals surface area contributed by atoms with Gasteiger partial charge >= 0.3 is 0 Å². The van der Waals surface area contributed by atoms with Crippen molar-refractivity contribution in [3.63, 3.8) is 0 Å². The highest BCUT2D eigenvalue weighted by molar-refractivity contribution is 6.07. The van der Waals surface area contributed by atoms with Crippen LogP contribution in [-0.2, 0) is 0 Å². The van der Waals surface area contributed by atoms with Gasteiger partial charge in [0.05, 0.1) is 5.52 Å². The average molecular weight is 242 g/mol. The van der Waals surface area contributed by atoms with Crippen LogP contribution in [0.2, 0.25) is 0 Å². The number of Topliss-reactive ketones (excluding diaryl/α,β-unsaturated/α-hetero) is 1. The van der Waals surface area contributed by atoms with Crippen LogP contribution in [0.1, 0.15) is 30.1 Å². The third-order valence-electron chi connectivity index (χ3n) is 3.21. The largest absolute Gasteiger partial charge is 0.330 e. The van der Waals surface area contributed by atoms with Crippen LogP contribution < -0.4 is 5.73 Å². The van der Waals surface area contributed by atoms with Crippen molar-refractivity contribution in [3.05, 3.63) is 42.1 Å². The Kier molecular flexibility index (Phi) is 4.05. The fourth-order valence-corrected chi connectivity index (χ4v) is 1.98. The number of carbonyl (C=O) groups is 1. The average Bonchev–Trinajstić information content (AvgIpc) is 2.43. The highest BCUT2D eigenvalue weighted by Gasteiger charge is 2.11. The number of aromatic nitrogens is 1. The third kappa shape index (κ3) is 2.74. The fourth-order valence-electron chi connectivity index (χ4n) is 1.98. The first-order valence-corrected chi connectivity index (χ1v) is 6.29. The van der Waals surface area contributed by atoms with E-state index in [2.05, 4.69) is 11.9 Å². The van der Waals surface area contributed by atoms with E-state index in [-0.39, 0.29) is 5.78 Å². The predicted octanol–water partition coefficient (Wildman–Crippen LogP) is 2.79. The number of fused-ring (bicyclic) bond motifs is 1. The highest BCUT2D eigenvalue weighted by Crippen LogP contribution is 2.19. The summed E-state index contributed by atoms with van der Waals surface area (Å²) >= 11 is 0. The number of pyridine rings is 1.